The summed E-state index contributed by atoms with van der Waals surface area (Å²) in [5, 5.41) is 3.49. The lowest BCUT2D eigenvalue weighted by molar-refractivity contribution is -0.122. The molecule has 26 heavy (non-hydrogen) atoms. The Kier molecular flexibility index (Phi) is 5.34. The van der Waals surface area contributed by atoms with E-state index in [1.54, 1.807) is 35.8 Å². The molecule has 5 nitrogen and oxygen atoms in total. The number of amides is 1. The van der Waals surface area contributed by atoms with Crippen LogP contribution in [-0.4, -0.2) is 16.6 Å². The van der Waals surface area contributed by atoms with Gasteiger partial charge in [-0.1, -0.05) is 22.9 Å². The second kappa shape index (κ2) is 7.51. The molecule has 2 aromatic carbocycles. The van der Waals surface area contributed by atoms with Crippen LogP contribution in [0.3, 0.4) is 0 Å². The first-order valence-electron chi connectivity index (χ1n) is 8.26. The largest absolute Gasteiger partial charge is 0.481 e. The van der Waals surface area contributed by atoms with Gasteiger partial charge in [0.1, 0.15) is 5.75 Å². The fraction of sp³-hybridized carbons (Fsp3) is 0.263. The van der Waals surface area contributed by atoms with Crippen LogP contribution in [0.2, 0.25) is 5.02 Å². The number of aryl methyl sites for hydroxylation is 2. The van der Waals surface area contributed by atoms with Crippen molar-refractivity contribution in [2.24, 2.45) is 0 Å². The number of hydrogen-bond donors (Lipinski definition) is 1. The summed E-state index contributed by atoms with van der Waals surface area (Å²) in [6, 6.07) is 10.7. The second-order valence-corrected chi connectivity index (χ2v) is 7.36. The molecule has 0 saturated carbocycles. The lowest BCUT2D eigenvalue weighted by Gasteiger charge is -2.15. The highest BCUT2D eigenvalue weighted by Gasteiger charge is 2.16. The zero-order valence-corrected chi connectivity index (χ0v) is 16.3. The molecule has 136 valence electrons. The Morgan fingerprint density at radius 1 is 1.31 bits per heavy atom. The Labute approximate surface area is 160 Å². The molecule has 1 heterocycles. The molecule has 0 saturated heterocycles. The number of anilines is 1. The number of rotatable bonds is 5. The van der Waals surface area contributed by atoms with Gasteiger partial charge in [0.2, 0.25) is 0 Å². The van der Waals surface area contributed by atoms with Crippen LogP contribution in [-0.2, 0) is 11.3 Å². The predicted octanol–water partition coefficient (Wildman–Crippen LogP) is 4.45. The zero-order valence-electron chi connectivity index (χ0n) is 14.7. The minimum absolute atomic E-state index is 0.000728. The van der Waals surface area contributed by atoms with Gasteiger partial charge in [-0.15, -0.1) is 0 Å². The molecular formula is C19H19ClN2O3S. The molecule has 0 aliphatic carbocycles. The van der Waals surface area contributed by atoms with Crippen LogP contribution < -0.4 is 14.9 Å². The SMILES string of the molecule is CCn1c(=O)sc2cc(NC(=O)[C@H](C)Oc3ccc(Cl)c(C)c3)ccc21. The fourth-order valence-electron chi connectivity index (χ4n) is 2.64. The van der Waals surface area contributed by atoms with E-state index in [4.69, 9.17) is 16.3 Å². The van der Waals surface area contributed by atoms with Crippen LogP contribution in [0.4, 0.5) is 5.69 Å². The van der Waals surface area contributed by atoms with E-state index in [9.17, 15) is 9.59 Å². The summed E-state index contributed by atoms with van der Waals surface area (Å²) in [5.41, 5.74) is 2.40. The molecule has 3 aromatic rings. The van der Waals surface area contributed by atoms with Crippen molar-refractivity contribution in [1.82, 2.24) is 4.57 Å². The van der Waals surface area contributed by atoms with Gasteiger partial charge in [-0.2, -0.15) is 0 Å². The smallest absolute Gasteiger partial charge is 0.308 e. The molecule has 1 atom stereocenters. The van der Waals surface area contributed by atoms with E-state index in [1.807, 2.05) is 26.0 Å². The molecule has 7 heteroatoms. The summed E-state index contributed by atoms with van der Waals surface area (Å²) >= 11 is 7.17. The van der Waals surface area contributed by atoms with E-state index < -0.39 is 6.10 Å². The molecule has 0 radical (unpaired) electrons. The molecule has 0 fully saturated rings. The summed E-state index contributed by atoms with van der Waals surface area (Å²) < 4.78 is 8.24. The molecular weight excluding hydrogens is 372 g/mol. The normalized spacial score (nSPS) is 12.2. The van der Waals surface area contributed by atoms with E-state index in [-0.39, 0.29) is 10.8 Å². The second-order valence-electron chi connectivity index (χ2n) is 5.96. The van der Waals surface area contributed by atoms with Gasteiger partial charge in [0, 0.05) is 17.3 Å². The minimum atomic E-state index is -0.676. The third kappa shape index (κ3) is 3.76. The summed E-state index contributed by atoms with van der Waals surface area (Å²) in [4.78, 5) is 24.3. The van der Waals surface area contributed by atoms with Crippen molar-refractivity contribution in [3.8, 4) is 5.75 Å². The summed E-state index contributed by atoms with van der Waals surface area (Å²) in [5.74, 6) is 0.322. The van der Waals surface area contributed by atoms with Gasteiger partial charge in [0.05, 0.1) is 10.2 Å². The van der Waals surface area contributed by atoms with Gasteiger partial charge in [0.15, 0.2) is 6.10 Å². The number of carbonyl (C=O) groups excluding carboxylic acids is 1. The Hall–Kier alpha value is -2.31. The van der Waals surface area contributed by atoms with Crippen molar-refractivity contribution in [1.29, 1.82) is 0 Å². The summed E-state index contributed by atoms with van der Waals surface area (Å²) in [6.45, 7) is 6.11. The molecule has 0 aliphatic heterocycles. The van der Waals surface area contributed by atoms with Gasteiger partial charge in [0.25, 0.3) is 5.91 Å². The van der Waals surface area contributed by atoms with Crippen molar-refractivity contribution >= 4 is 44.7 Å². The Morgan fingerprint density at radius 3 is 2.77 bits per heavy atom. The average molecular weight is 391 g/mol. The molecule has 1 amide bonds. The van der Waals surface area contributed by atoms with Crippen LogP contribution in [0.1, 0.15) is 19.4 Å². The monoisotopic (exact) mass is 390 g/mol. The third-order valence-corrected chi connectivity index (χ3v) is 5.43. The lowest BCUT2D eigenvalue weighted by Crippen LogP contribution is -2.30. The topological polar surface area (TPSA) is 60.3 Å². The van der Waals surface area contributed by atoms with Crippen molar-refractivity contribution in [2.75, 3.05) is 5.32 Å². The van der Waals surface area contributed by atoms with Crippen LogP contribution in [0.15, 0.2) is 41.2 Å². The summed E-state index contributed by atoms with van der Waals surface area (Å²) in [6.07, 6.45) is -0.676. The van der Waals surface area contributed by atoms with Crippen LogP contribution in [0, 0.1) is 6.92 Å². The zero-order chi connectivity index (χ0) is 18.8. The highest BCUT2D eigenvalue weighted by Crippen LogP contribution is 2.24. The first-order valence-corrected chi connectivity index (χ1v) is 9.45. The number of aromatic nitrogens is 1. The lowest BCUT2D eigenvalue weighted by atomic mass is 10.2. The van der Waals surface area contributed by atoms with E-state index in [2.05, 4.69) is 5.32 Å². The number of hydrogen-bond acceptors (Lipinski definition) is 4. The average Bonchev–Trinajstić information content (AvgIpc) is 2.92. The number of fused-ring (bicyclic) bond motifs is 1. The highest BCUT2D eigenvalue weighted by atomic mass is 35.5. The van der Waals surface area contributed by atoms with Crippen LogP contribution >= 0.6 is 22.9 Å². The quantitative estimate of drug-likeness (QED) is 0.700. The maximum absolute atomic E-state index is 12.4. The van der Waals surface area contributed by atoms with E-state index in [0.717, 1.165) is 15.8 Å². The number of halogens is 1. The highest BCUT2D eigenvalue weighted by molar-refractivity contribution is 7.16. The molecule has 3 rings (SSSR count). The van der Waals surface area contributed by atoms with Crippen LogP contribution in [0.25, 0.3) is 10.2 Å². The van der Waals surface area contributed by atoms with Gasteiger partial charge in [-0.25, -0.2) is 0 Å². The van der Waals surface area contributed by atoms with Crippen molar-refractivity contribution in [2.45, 2.75) is 33.4 Å². The molecule has 0 spiro atoms. The molecule has 0 unspecified atom stereocenters. The Balaban J connectivity index is 1.73. The van der Waals surface area contributed by atoms with E-state index in [0.29, 0.717) is 23.0 Å². The number of benzene rings is 2. The standard InChI is InChI=1S/C19H19ClN2O3S/c1-4-22-16-8-5-13(10-17(16)26-19(22)24)21-18(23)12(3)25-14-6-7-15(20)11(2)9-14/h5-10,12H,4H2,1-3H3,(H,21,23)/t12-/m0/s1. The van der Waals surface area contributed by atoms with Crippen molar-refractivity contribution < 1.29 is 9.53 Å². The molecule has 1 aromatic heterocycles. The van der Waals surface area contributed by atoms with Gasteiger partial charge >= 0.3 is 4.87 Å². The number of ether oxygens (including phenoxy) is 1. The molecule has 0 bridgehead atoms. The predicted molar refractivity (Wildman–Crippen MR) is 107 cm³/mol. The van der Waals surface area contributed by atoms with Gasteiger partial charge in [-0.05, 0) is 62.7 Å². The number of thiazole rings is 1. The van der Waals surface area contributed by atoms with Crippen molar-refractivity contribution in [3.05, 3.63) is 56.7 Å². The maximum atomic E-state index is 12.4. The van der Waals surface area contributed by atoms with Crippen LogP contribution in [0.5, 0.6) is 5.75 Å². The number of nitrogens with zero attached hydrogens (tertiary/aromatic N) is 1. The van der Waals surface area contributed by atoms with Crippen molar-refractivity contribution in [3.63, 3.8) is 0 Å². The van der Waals surface area contributed by atoms with Gasteiger partial charge in [-0.3, -0.25) is 14.2 Å². The third-order valence-electron chi connectivity index (χ3n) is 4.06. The molecule has 1 N–H and O–H groups in total. The summed E-state index contributed by atoms with van der Waals surface area (Å²) in [7, 11) is 0. The van der Waals surface area contributed by atoms with E-state index >= 15 is 0 Å². The first-order chi connectivity index (χ1) is 12.4. The fourth-order valence-corrected chi connectivity index (χ4v) is 3.75. The first kappa shape index (κ1) is 18.5. The van der Waals surface area contributed by atoms with Gasteiger partial charge < -0.3 is 10.1 Å². The Bertz CT molecular complexity index is 1030. The maximum Gasteiger partial charge on any atom is 0.308 e. The number of carbonyl (C=O) groups is 1. The van der Waals surface area contributed by atoms with E-state index in [1.165, 1.54) is 11.3 Å². The molecule has 0 aliphatic rings. The number of nitrogens with one attached hydrogen (secondary N) is 1. The minimum Gasteiger partial charge on any atom is -0.481 e. The Morgan fingerprint density at radius 2 is 2.08 bits per heavy atom.